The van der Waals surface area contributed by atoms with Crippen LogP contribution in [-0.4, -0.2) is 19.4 Å². The minimum Gasteiger partial charge on any atom is -0.371 e. The summed E-state index contributed by atoms with van der Waals surface area (Å²) in [5, 5.41) is 0.679. The van der Waals surface area contributed by atoms with E-state index in [0.29, 0.717) is 10.6 Å². The highest BCUT2D eigenvalue weighted by molar-refractivity contribution is 6.31. The van der Waals surface area contributed by atoms with E-state index in [1.54, 1.807) is 12.1 Å². The molecule has 88 valence electrons. The first kappa shape index (κ1) is 13.0. The largest absolute Gasteiger partial charge is 0.371 e. The molecule has 0 heterocycles. The first-order valence-corrected chi connectivity index (χ1v) is 6.10. The molecule has 3 heteroatoms. The van der Waals surface area contributed by atoms with E-state index in [2.05, 4.69) is 18.7 Å². The summed E-state index contributed by atoms with van der Waals surface area (Å²) in [5.41, 5.74) is 1.66. The van der Waals surface area contributed by atoms with Crippen molar-refractivity contribution in [1.82, 2.24) is 0 Å². The molecule has 0 saturated heterocycles. The van der Waals surface area contributed by atoms with E-state index in [0.717, 1.165) is 37.9 Å². The van der Waals surface area contributed by atoms with Gasteiger partial charge in [-0.05, 0) is 31.0 Å². The number of carbonyl (C=O) groups excluding carboxylic acids is 1. The van der Waals surface area contributed by atoms with Crippen LogP contribution in [0.2, 0.25) is 5.02 Å². The van der Waals surface area contributed by atoms with Gasteiger partial charge in [0.15, 0.2) is 6.29 Å². The van der Waals surface area contributed by atoms with E-state index in [1.165, 1.54) is 0 Å². The number of hydrogen-bond acceptors (Lipinski definition) is 2. The Morgan fingerprint density at radius 3 is 2.38 bits per heavy atom. The molecule has 0 aliphatic rings. The highest BCUT2D eigenvalue weighted by atomic mass is 35.5. The van der Waals surface area contributed by atoms with Gasteiger partial charge in [0.1, 0.15) is 0 Å². The van der Waals surface area contributed by atoms with Crippen LogP contribution in [-0.2, 0) is 0 Å². The Balaban J connectivity index is 3.04. The Hall–Kier alpha value is -1.02. The van der Waals surface area contributed by atoms with Crippen LogP contribution in [0.25, 0.3) is 0 Å². The molecule has 0 fully saturated rings. The van der Waals surface area contributed by atoms with E-state index in [9.17, 15) is 4.79 Å². The molecule has 0 aliphatic carbocycles. The van der Waals surface area contributed by atoms with Crippen LogP contribution in [0, 0.1) is 0 Å². The molecule has 0 spiro atoms. The molecule has 0 saturated carbocycles. The van der Waals surface area contributed by atoms with Crippen LogP contribution >= 0.6 is 11.6 Å². The van der Waals surface area contributed by atoms with Crippen LogP contribution in [0.15, 0.2) is 18.2 Å². The molecule has 0 unspecified atom stereocenters. The van der Waals surface area contributed by atoms with Crippen molar-refractivity contribution in [3.63, 3.8) is 0 Å². The van der Waals surface area contributed by atoms with Crippen LogP contribution in [0.3, 0.4) is 0 Å². The van der Waals surface area contributed by atoms with E-state index in [4.69, 9.17) is 11.6 Å². The molecular weight excluding hydrogens is 222 g/mol. The third-order valence-electron chi connectivity index (χ3n) is 2.45. The lowest BCUT2D eigenvalue weighted by Crippen LogP contribution is -2.25. The second kappa shape index (κ2) is 6.54. The van der Waals surface area contributed by atoms with Crippen molar-refractivity contribution in [2.24, 2.45) is 0 Å². The maximum Gasteiger partial charge on any atom is 0.152 e. The fraction of sp³-hybridized carbons (Fsp3) is 0.462. The molecule has 1 aromatic carbocycles. The lowest BCUT2D eigenvalue weighted by Gasteiger charge is -2.25. The number of carbonyl (C=O) groups is 1. The van der Waals surface area contributed by atoms with Crippen molar-refractivity contribution in [2.45, 2.75) is 26.7 Å². The second-order valence-electron chi connectivity index (χ2n) is 3.81. The highest BCUT2D eigenvalue weighted by Gasteiger charge is 2.10. The summed E-state index contributed by atoms with van der Waals surface area (Å²) < 4.78 is 0. The van der Waals surface area contributed by atoms with Gasteiger partial charge in [0, 0.05) is 29.4 Å². The normalized spacial score (nSPS) is 10.2. The summed E-state index contributed by atoms with van der Waals surface area (Å²) in [6.07, 6.45) is 3.01. The summed E-state index contributed by atoms with van der Waals surface area (Å²) in [6.45, 7) is 6.17. The number of aldehydes is 1. The van der Waals surface area contributed by atoms with Gasteiger partial charge < -0.3 is 4.90 Å². The van der Waals surface area contributed by atoms with Crippen LogP contribution in [0.4, 0.5) is 5.69 Å². The molecule has 0 bridgehead atoms. The molecule has 0 radical (unpaired) electrons. The predicted octanol–water partition coefficient (Wildman–Crippen LogP) is 3.78. The van der Waals surface area contributed by atoms with Crippen molar-refractivity contribution in [1.29, 1.82) is 0 Å². The van der Waals surface area contributed by atoms with Gasteiger partial charge in [0.05, 0.1) is 0 Å². The van der Waals surface area contributed by atoms with Crippen molar-refractivity contribution in [2.75, 3.05) is 18.0 Å². The fourth-order valence-corrected chi connectivity index (χ4v) is 1.95. The van der Waals surface area contributed by atoms with E-state index < -0.39 is 0 Å². The zero-order chi connectivity index (χ0) is 12.0. The molecule has 1 rings (SSSR count). The lowest BCUT2D eigenvalue weighted by molar-refractivity contribution is 0.112. The Morgan fingerprint density at radius 1 is 1.25 bits per heavy atom. The van der Waals surface area contributed by atoms with Crippen molar-refractivity contribution in [3.05, 3.63) is 28.8 Å². The van der Waals surface area contributed by atoms with Crippen LogP contribution < -0.4 is 4.90 Å². The Bertz CT molecular complexity index is 346. The SMILES string of the molecule is CCCN(CCC)c1cc(Cl)ccc1C=O. The van der Waals surface area contributed by atoms with E-state index >= 15 is 0 Å². The third kappa shape index (κ3) is 3.24. The molecule has 0 N–H and O–H groups in total. The maximum atomic E-state index is 11.0. The Morgan fingerprint density at radius 2 is 1.88 bits per heavy atom. The number of nitrogens with zero attached hydrogens (tertiary/aromatic N) is 1. The van der Waals surface area contributed by atoms with Crippen molar-refractivity contribution < 1.29 is 4.79 Å². The molecule has 16 heavy (non-hydrogen) atoms. The van der Waals surface area contributed by atoms with Gasteiger partial charge in [-0.3, -0.25) is 4.79 Å². The number of benzene rings is 1. The van der Waals surface area contributed by atoms with Gasteiger partial charge in [-0.1, -0.05) is 25.4 Å². The molecule has 0 amide bonds. The van der Waals surface area contributed by atoms with Crippen LogP contribution in [0.5, 0.6) is 0 Å². The quantitative estimate of drug-likeness (QED) is 0.705. The standard InChI is InChI=1S/C13H18ClNO/c1-3-7-15(8-4-2)13-9-12(14)6-5-11(13)10-16/h5-6,9-10H,3-4,7-8H2,1-2H3. The second-order valence-corrected chi connectivity index (χ2v) is 4.24. The summed E-state index contributed by atoms with van der Waals surface area (Å²) in [6, 6.07) is 5.41. The smallest absolute Gasteiger partial charge is 0.152 e. The fourth-order valence-electron chi connectivity index (χ4n) is 1.78. The third-order valence-corrected chi connectivity index (χ3v) is 2.68. The van der Waals surface area contributed by atoms with Gasteiger partial charge in [0.25, 0.3) is 0 Å². The summed E-state index contributed by atoms with van der Waals surface area (Å²) in [4.78, 5) is 13.2. The molecule has 1 aromatic rings. The lowest BCUT2D eigenvalue weighted by atomic mass is 10.1. The molecular formula is C13H18ClNO. The maximum absolute atomic E-state index is 11.0. The zero-order valence-electron chi connectivity index (χ0n) is 9.87. The van der Waals surface area contributed by atoms with Crippen LogP contribution in [0.1, 0.15) is 37.0 Å². The minimum atomic E-state index is 0.679. The summed E-state index contributed by atoms with van der Waals surface area (Å²) >= 11 is 5.98. The van der Waals surface area contributed by atoms with Gasteiger partial charge >= 0.3 is 0 Å². The van der Waals surface area contributed by atoms with Gasteiger partial charge in [-0.2, -0.15) is 0 Å². The average Bonchev–Trinajstić information content (AvgIpc) is 2.29. The highest BCUT2D eigenvalue weighted by Crippen LogP contribution is 2.24. The van der Waals surface area contributed by atoms with Gasteiger partial charge in [0.2, 0.25) is 0 Å². The summed E-state index contributed by atoms with van der Waals surface area (Å²) in [5.74, 6) is 0. The minimum absolute atomic E-state index is 0.679. The van der Waals surface area contributed by atoms with Gasteiger partial charge in [-0.25, -0.2) is 0 Å². The number of rotatable bonds is 6. The number of anilines is 1. The molecule has 0 aromatic heterocycles. The average molecular weight is 240 g/mol. The van der Waals surface area contributed by atoms with Crippen molar-refractivity contribution in [3.8, 4) is 0 Å². The molecule has 0 aliphatic heterocycles. The summed E-state index contributed by atoms with van der Waals surface area (Å²) in [7, 11) is 0. The first-order chi connectivity index (χ1) is 7.72. The Labute approximate surface area is 102 Å². The van der Waals surface area contributed by atoms with Gasteiger partial charge in [-0.15, -0.1) is 0 Å². The number of halogens is 1. The molecule has 0 atom stereocenters. The van der Waals surface area contributed by atoms with E-state index in [-0.39, 0.29) is 0 Å². The monoisotopic (exact) mass is 239 g/mol. The molecule has 2 nitrogen and oxygen atoms in total. The Kier molecular flexibility index (Phi) is 5.33. The topological polar surface area (TPSA) is 20.3 Å². The zero-order valence-corrected chi connectivity index (χ0v) is 10.6. The number of hydrogen-bond donors (Lipinski definition) is 0. The first-order valence-electron chi connectivity index (χ1n) is 5.72. The van der Waals surface area contributed by atoms with Crippen molar-refractivity contribution >= 4 is 23.6 Å². The van der Waals surface area contributed by atoms with E-state index in [1.807, 2.05) is 6.07 Å². The predicted molar refractivity (Wildman–Crippen MR) is 69.6 cm³/mol.